The van der Waals surface area contributed by atoms with Crippen LogP contribution in [-0.4, -0.2) is 19.7 Å². The summed E-state index contributed by atoms with van der Waals surface area (Å²) in [6.07, 6.45) is 0.843. The summed E-state index contributed by atoms with van der Waals surface area (Å²) in [5.74, 6) is 0. The number of hydrogen-bond acceptors (Lipinski definition) is 3. The minimum absolute atomic E-state index is 0.115. The van der Waals surface area contributed by atoms with E-state index < -0.39 is 21.3 Å². The minimum Gasteiger partial charge on any atom is -0.279 e. The summed E-state index contributed by atoms with van der Waals surface area (Å²) >= 11 is 5.58. The van der Waals surface area contributed by atoms with Gasteiger partial charge in [-0.15, -0.1) is 0 Å². The molecule has 0 aliphatic rings. The van der Waals surface area contributed by atoms with Crippen molar-refractivity contribution in [3.8, 4) is 0 Å². The molecule has 0 saturated carbocycles. The molecule has 0 aliphatic heterocycles. The first kappa shape index (κ1) is 17.5. The van der Waals surface area contributed by atoms with Crippen molar-refractivity contribution in [3.63, 3.8) is 0 Å². The molecule has 0 spiro atoms. The molecule has 122 valence electrons. The van der Waals surface area contributed by atoms with Crippen LogP contribution in [0.25, 0.3) is 0 Å². The molecule has 0 bridgehead atoms. The Kier molecular flexibility index (Phi) is 5.44. The van der Waals surface area contributed by atoms with Gasteiger partial charge in [0.05, 0.1) is 10.6 Å². The van der Waals surface area contributed by atoms with Crippen molar-refractivity contribution in [2.24, 2.45) is 0 Å². The Labute approximate surface area is 141 Å². The van der Waals surface area contributed by atoms with E-state index in [9.17, 15) is 13.2 Å². The number of rotatable bonds is 6. The van der Waals surface area contributed by atoms with E-state index in [0.29, 0.717) is 5.69 Å². The zero-order valence-electron chi connectivity index (χ0n) is 12.9. The molecule has 0 radical (unpaired) electrons. The summed E-state index contributed by atoms with van der Waals surface area (Å²) in [5, 5.41) is -0.732. The Hall–Kier alpha value is -1.85. The van der Waals surface area contributed by atoms with Gasteiger partial charge < -0.3 is 0 Å². The molecule has 6 heteroatoms. The third-order valence-electron chi connectivity index (χ3n) is 3.58. The molecular weight excluding hydrogens is 334 g/mol. The van der Waals surface area contributed by atoms with Crippen LogP contribution in [0.15, 0.2) is 59.5 Å². The molecule has 1 unspecified atom stereocenters. The second-order valence-corrected chi connectivity index (χ2v) is 7.30. The van der Waals surface area contributed by atoms with Crippen molar-refractivity contribution in [1.29, 1.82) is 0 Å². The van der Waals surface area contributed by atoms with Crippen molar-refractivity contribution in [2.75, 3.05) is 4.31 Å². The van der Waals surface area contributed by atoms with Crippen molar-refractivity contribution in [1.82, 2.24) is 0 Å². The first-order chi connectivity index (χ1) is 10.9. The Morgan fingerprint density at radius 3 is 2.13 bits per heavy atom. The molecule has 2 aromatic rings. The predicted molar refractivity (Wildman–Crippen MR) is 92.2 cm³/mol. The van der Waals surface area contributed by atoms with Crippen molar-refractivity contribution in [2.45, 2.75) is 31.2 Å². The number of hydrogen-bond donors (Lipinski definition) is 0. The molecule has 23 heavy (non-hydrogen) atoms. The van der Waals surface area contributed by atoms with E-state index in [-0.39, 0.29) is 4.90 Å². The Balaban J connectivity index is 2.56. The van der Waals surface area contributed by atoms with E-state index in [1.54, 1.807) is 30.3 Å². The predicted octanol–water partition coefficient (Wildman–Crippen LogP) is 3.60. The van der Waals surface area contributed by atoms with Crippen LogP contribution in [-0.2, 0) is 21.2 Å². The highest BCUT2D eigenvalue weighted by molar-refractivity contribution is 7.93. The molecule has 1 atom stereocenters. The van der Waals surface area contributed by atoms with Gasteiger partial charge in [-0.1, -0.05) is 37.3 Å². The Bertz CT molecular complexity index is 773. The second-order valence-electron chi connectivity index (χ2n) is 5.11. The summed E-state index contributed by atoms with van der Waals surface area (Å²) in [4.78, 5) is 11.7. The van der Waals surface area contributed by atoms with Gasteiger partial charge in [-0.25, -0.2) is 8.42 Å². The largest absolute Gasteiger partial charge is 0.279 e. The maximum atomic E-state index is 12.9. The first-order valence-electron chi connectivity index (χ1n) is 7.25. The highest BCUT2D eigenvalue weighted by Crippen LogP contribution is 2.27. The van der Waals surface area contributed by atoms with Crippen LogP contribution < -0.4 is 4.31 Å². The number of sulfonamides is 1. The molecular formula is C17H18ClNO3S. The van der Waals surface area contributed by atoms with Gasteiger partial charge in [0.25, 0.3) is 10.0 Å². The summed E-state index contributed by atoms with van der Waals surface area (Å²) in [7, 11) is -3.89. The van der Waals surface area contributed by atoms with Crippen LogP contribution in [0, 0.1) is 0 Å². The quantitative estimate of drug-likeness (QED) is 0.747. The highest BCUT2D eigenvalue weighted by Gasteiger charge is 2.32. The van der Waals surface area contributed by atoms with Gasteiger partial charge in [0.1, 0.15) is 6.04 Å². The number of anilines is 1. The molecule has 4 nitrogen and oxygen atoms in total. The van der Waals surface area contributed by atoms with Gasteiger partial charge in [0.2, 0.25) is 5.24 Å². The van der Waals surface area contributed by atoms with Crippen LogP contribution in [0.4, 0.5) is 5.69 Å². The van der Waals surface area contributed by atoms with Gasteiger partial charge in [0.15, 0.2) is 0 Å². The molecule has 2 aromatic carbocycles. The fourth-order valence-corrected chi connectivity index (χ4v) is 4.04. The lowest BCUT2D eigenvalue weighted by Crippen LogP contribution is -2.42. The number of benzene rings is 2. The summed E-state index contributed by atoms with van der Waals surface area (Å²) < 4.78 is 27.0. The summed E-state index contributed by atoms with van der Waals surface area (Å²) in [5.41, 5.74) is 1.49. The van der Waals surface area contributed by atoms with Crippen molar-refractivity contribution < 1.29 is 13.2 Å². The van der Waals surface area contributed by atoms with Gasteiger partial charge in [-0.3, -0.25) is 9.10 Å². The molecule has 0 aliphatic carbocycles. The Morgan fingerprint density at radius 2 is 1.65 bits per heavy atom. The fraction of sp³-hybridized carbons (Fsp3) is 0.235. The lowest BCUT2D eigenvalue weighted by Gasteiger charge is -2.28. The van der Waals surface area contributed by atoms with Crippen LogP contribution in [0.3, 0.4) is 0 Å². The molecule has 0 fully saturated rings. The molecule has 0 heterocycles. The van der Waals surface area contributed by atoms with E-state index in [2.05, 4.69) is 0 Å². The average Bonchev–Trinajstić information content (AvgIpc) is 2.56. The zero-order valence-corrected chi connectivity index (χ0v) is 14.5. The normalized spacial score (nSPS) is 12.7. The fourth-order valence-electron chi connectivity index (χ4n) is 2.25. The molecule has 0 N–H and O–H groups in total. The number of aryl methyl sites for hydroxylation is 1. The van der Waals surface area contributed by atoms with E-state index in [1.165, 1.54) is 19.1 Å². The van der Waals surface area contributed by atoms with Gasteiger partial charge in [0, 0.05) is 0 Å². The molecule has 0 saturated heterocycles. The van der Waals surface area contributed by atoms with Crippen molar-refractivity contribution >= 4 is 32.6 Å². The van der Waals surface area contributed by atoms with Crippen LogP contribution >= 0.6 is 11.6 Å². The Morgan fingerprint density at radius 1 is 1.09 bits per heavy atom. The third-order valence-corrected chi connectivity index (χ3v) is 5.81. The van der Waals surface area contributed by atoms with Crippen molar-refractivity contribution in [3.05, 3.63) is 60.2 Å². The molecule has 2 rings (SSSR count). The molecule has 0 aromatic heterocycles. The topological polar surface area (TPSA) is 54.5 Å². The van der Waals surface area contributed by atoms with Gasteiger partial charge >= 0.3 is 0 Å². The number of carbonyl (C=O) groups is 1. The second kappa shape index (κ2) is 7.15. The van der Waals surface area contributed by atoms with Gasteiger partial charge in [-0.05, 0) is 54.8 Å². The monoisotopic (exact) mass is 351 g/mol. The van der Waals surface area contributed by atoms with Crippen LogP contribution in [0.1, 0.15) is 19.4 Å². The SMILES string of the molecule is CCc1ccc(N(C(C)C(=O)Cl)S(=O)(=O)c2ccccc2)cc1. The van der Waals surface area contributed by atoms with Crippen LogP contribution in [0.5, 0.6) is 0 Å². The first-order valence-corrected chi connectivity index (χ1v) is 9.07. The lowest BCUT2D eigenvalue weighted by molar-refractivity contribution is -0.112. The van der Waals surface area contributed by atoms with E-state index in [1.807, 2.05) is 19.1 Å². The van der Waals surface area contributed by atoms with E-state index in [4.69, 9.17) is 11.6 Å². The summed E-state index contributed by atoms with van der Waals surface area (Å²) in [6.45, 7) is 3.49. The standard InChI is InChI=1S/C17H18ClNO3S/c1-3-14-9-11-15(12-10-14)19(13(2)17(18)20)23(21,22)16-7-5-4-6-8-16/h4-13H,3H2,1-2H3. The maximum Gasteiger partial charge on any atom is 0.265 e. The van der Waals surface area contributed by atoms with E-state index in [0.717, 1.165) is 16.3 Å². The highest BCUT2D eigenvalue weighted by atomic mass is 35.5. The maximum absolute atomic E-state index is 12.9. The van der Waals surface area contributed by atoms with Crippen LogP contribution in [0.2, 0.25) is 0 Å². The minimum atomic E-state index is -3.89. The number of halogens is 1. The smallest absolute Gasteiger partial charge is 0.265 e. The van der Waals surface area contributed by atoms with Gasteiger partial charge in [-0.2, -0.15) is 0 Å². The molecule has 0 amide bonds. The number of nitrogens with zero attached hydrogens (tertiary/aromatic N) is 1. The number of carbonyl (C=O) groups excluding carboxylic acids is 1. The zero-order chi connectivity index (χ0) is 17.0. The third kappa shape index (κ3) is 3.74. The summed E-state index contributed by atoms with van der Waals surface area (Å²) in [6, 6.07) is 14.1. The average molecular weight is 352 g/mol. The lowest BCUT2D eigenvalue weighted by atomic mass is 10.1. The van der Waals surface area contributed by atoms with E-state index >= 15 is 0 Å².